The Bertz CT molecular complexity index is 874. The molecule has 0 aliphatic rings. The molecule has 1 heterocycles. The van der Waals surface area contributed by atoms with Gasteiger partial charge in [0.05, 0.1) is 5.75 Å². The zero-order valence-electron chi connectivity index (χ0n) is 14.2. The summed E-state index contributed by atoms with van der Waals surface area (Å²) in [5.74, 6) is -2.12. The molecule has 0 saturated heterocycles. The number of hydrogen-bond acceptors (Lipinski definition) is 5. The highest BCUT2D eigenvalue weighted by atomic mass is 32.2. The van der Waals surface area contributed by atoms with Crippen LogP contribution in [0.25, 0.3) is 0 Å². The topological polar surface area (TPSA) is 126 Å². The van der Waals surface area contributed by atoms with Crippen molar-refractivity contribution in [3.8, 4) is 0 Å². The number of sulfonamides is 1. The summed E-state index contributed by atoms with van der Waals surface area (Å²) in [4.78, 5) is 23.1. The largest absolute Gasteiger partial charge is 0.478 e. The van der Waals surface area contributed by atoms with Crippen molar-refractivity contribution in [1.82, 2.24) is 10.0 Å². The van der Waals surface area contributed by atoms with Gasteiger partial charge >= 0.3 is 5.97 Å². The van der Waals surface area contributed by atoms with E-state index in [1.165, 1.54) is 0 Å². The smallest absolute Gasteiger partial charge is 0.339 e. The predicted octanol–water partition coefficient (Wildman–Crippen LogP) is 1.39. The van der Waals surface area contributed by atoms with Gasteiger partial charge < -0.3 is 14.8 Å². The van der Waals surface area contributed by atoms with Crippen LogP contribution in [0.5, 0.6) is 0 Å². The number of carboxylic acid groups (broad SMARTS) is 1. The van der Waals surface area contributed by atoms with Crippen molar-refractivity contribution in [3.05, 3.63) is 59.0 Å². The number of amides is 1. The molecule has 9 heteroatoms. The zero-order chi connectivity index (χ0) is 19.2. The lowest BCUT2D eigenvalue weighted by Gasteiger charge is -2.07. The van der Waals surface area contributed by atoms with Crippen LogP contribution in [-0.2, 0) is 23.0 Å². The average molecular weight is 380 g/mol. The maximum Gasteiger partial charge on any atom is 0.339 e. The van der Waals surface area contributed by atoms with Crippen molar-refractivity contribution in [2.75, 3.05) is 12.3 Å². The molecule has 0 radical (unpaired) electrons. The second-order valence-electron chi connectivity index (χ2n) is 5.49. The summed E-state index contributed by atoms with van der Waals surface area (Å²) < 4.78 is 31.6. The van der Waals surface area contributed by atoms with E-state index in [0.717, 1.165) is 11.6 Å². The molecule has 0 aliphatic heterocycles. The van der Waals surface area contributed by atoms with Gasteiger partial charge in [0.15, 0.2) is 5.76 Å². The van der Waals surface area contributed by atoms with Gasteiger partial charge in [-0.1, -0.05) is 37.3 Å². The number of carboxylic acids is 1. The third-order valence-electron chi connectivity index (χ3n) is 3.58. The first-order valence-corrected chi connectivity index (χ1v) is 9.63. The molecule has 0 unspecified atom stereocenters. The SMILES string of the molecule is CCc1oc(C(=O)NCCS(=O)(=O)NCc2ccccc2)cc1C(=O)O. The molecule has 0 spiro atoms. The number of aromatic carboxylic acids is 1. The third-order valence-corrected chi connectivity index (χ3v) is 4.91. The molecule has 1 amide bonds. The Kier molecular flexibility index (Phi) is 6.53. The van der Waals surface area contributed by atoms with Crippen LogP contribution in [0, 0.1) is 0 Å². The predicted molar refractivity (Wildman–Crippen MR) is 94.4 cm³/mol. The van der Waals surface area contributed by atoms with E-state index in [9.17, 15) is 18.0 Å². The highest BCUT2D eigenvalue weighted by Gasteiger charge is 2.20. The van der Waals surface area contributed by atoms with Crippen LogP contribution >= 0.6 is 0 Å². The Hall–Kier alpha value is -2.65. The molecule has 2 aromatic rings. The molecule has 0 saturated carbocycles. The number of carbonyl (C=O) groups is 2. The number of carbonyl (C=O) groups excluding carboxylic acids is 1. The molecule has 2 rings (SSSR count). The molecule has 1 aromatic carbocycles. The Morgan fingerprint density at radius 2 is 1.88 bits per heavy atom. The number of aryl methyl sites for hydroxylation is 1. The van der Waals surface area contributed by atoms with Gasteiger partial charge in [0.2, 0.25) is 10.0 Å². The molecular weight excluding hydrogens is 360 g/mol. The first-order valence-electron chi connectivity index (χ1n) is 7.98. The van der Waals surface area contributed by atoms with E-state index >= 15 is 0 Å². The summed E-state index contributed by atoms with van der Waals surface area (Å²) >= 11 is 0. The number of nitrogens with one attached hydrogen (secondary N) is 2. The second kappa shape index (κ2) is 8.63. The minimum absolute atomic E-state index is 0.0743. The lowest BCUT2D eigenvalue weighted by Crippen LogP contribution is -2.34. The number of hydrogen-bond donors (Lipinski definition) is 3. The van der Waals surface area contributed by atoms with Gasteiger partial charge in [0.25, 0.3) is 5.91 Å². The summed E-state index contributed by atoms with van der Waals surface area (Å²) in [5.41, 5.74) is 0.749. The fourth-order valence-corrected chi connectivity index (χ4v) is 3.13. The fourth-order valence-electron chi connectivity index (χ4n) is 2.23. The highest BCUT2D eigenvalue weighted by Crippen LogP contribution is 2.16. The van der Waals surface area contributed by atoms with E-state index in [1.54, 1.807) is 19.1 Å². The van der Waals surface area contributed by atoms with Gasteiger partial charge in [-0.3, -0.25) is 4.79 Å². The van der Waals surface area contributed by atoms with Crippen molar-refractivity contribution in [2.24, 2.45) is 0 Å². The second-order valence-corrected chi connectivity index (χ2v) is 7.41. The lowest BCUT2D eigenvalue weighted by molar-refractivity contribution is 0.0694. The van der Waals surface area contributed by atoms with Crippen LogP contribution in [0.3, 0.4) is 0 Å². The van der Waals surface area contributed by atoms with E-state index in [2.05, 4.69) is 10.0 Å². The molecular formula is C17H20N2O6S. The zero-order valence-corrected chi connectivity index (χ0v) is 15.0. The van der Waals surface area contributed by atoms with Gasteiger partial charge in [0.1, 0.15) is 11.3 Å². The number of furan rings is 1. The van der Waals surface area contributed by atoms with Crippen LogP contribution in [0.15, 0.2) is 40.8 Å². The standard InChI is InChI=1S/C17H20N2O6S/c1-2-14-13(17(21)22)10-15(25-14)16(20)18-8-9-26(23,24)19-11-12-6-4-3-5-7-12/h3-7,10,19H,2,8-9,11H2,1H3,(H,18,20)(H,21,22). The van der Waals surface area contributed by atoms with Crippen LogP contribution in [0.4, 0.5) is 0 Å². The van der Waals surface area contributed by atoms with Crippen molar-refractivity contribution < 1.29 is 27.5 Å². The maximum absolute atomic E-state index is 12.0. The number of benzene rings is 1. The Balaban J connectivity index is 1.86. The third kappa shape index (κ3) is 5.43. The van der Waals surface area contributed by atoms with Crippen LogP contribution in [0.2, 0.25) is 0 Å². The normalized spacial score (nSPS) is 11.3. The number of rotatable bonds is 9. The van der Waals surface area contributed by atoms with Crippen molar-refractivity contribution in [1.29, 1.82) is 0 Å². The van der Waals surface area contributed by atoms with E-state index in [4.69, 9.17) is 9.52 Å². The summed E-state index contributed by atoms with van der Waals surface area (Å²) in [5, 5.41) is 11.5. The summed E-state index contributed by atoms with van der Waals surface area (Å²) in [6, 6.07) is 10.2. The molecule has 26 heavy (non-hydrogen) atoms. The minimum atomic E-state index is -3.57. The molecule has 140 valence electrons. The summed E-state index contributed by atoms with van der Waals surface area (Å²) in [6.07, 6.45) is 0.326. The van der Waals surface area contributed by atoms with Gasteiger partial charge in [-0.05, 0) is 5.56 Å². The van der Waals surface area contributed by atoms with Crippen LogP contribution in [0.1, 0.15) is 39.2 Å². The van der Waals surface area contributed by atoms with Crippen LogP contribution < -0.4 is 10.0 Å². The lowest BCUT2D eigenvalue weighted by atomic mass is 10.2. The Labute approximate surface area is 151 Å². The van der Waals surface area contributed by atoms with E-state index in [1.807, 2.05) is 18.2 Å². The van der Waals surface area contributed by atoms with Gasteiger partial charge in [0, 0.05) is 25.6 Å². The molecule has 0 aliphatic carbocycles. The quantitative estimate of drug-likeness (QED) is 0.604. The van der Waals surface area contributed by atoms with Crippen molar-refractivity contribution in [2.45, 2.75) is 19.9 Å². The molecule has 0 bridgehead atoms. The Morgan fingerprint density at radius 1 is 1.19 bits per heavy atom. The molecule has 3 N–H and O–H groups in total. The molecule has 0 fully saturated rings. The first-order chi connectivity index (χ1) is 12.3. The van der Waals surface area contributed by atoms with Crippen LogP contribution in [-0.4, -0.2) is 37.7 Å². The summed E-state index contributed by atoms with van der Waals surface area (Å²) in [7, 11) is -3.57. The van der Waals surface area contributed by atoms with E-state index < -0.39 is 21.9 Å². The molecule has 0 atom stereocenters. The monoisotopic (exact) mass is 380 g/mol. The molecule has 1 aromatic heterocycles. The van der Waals surface area contributed by atoms with Gasteiger partial charge in [-0.15, -0.1) is 0 Å². The fraction of sp³-hybridized carbons (Fsp3) is 0.294. The first kappa shape index (κ1) is 19.7. The van der Waals surface area contributed by atoms with E-state index in [-0.39, 0.29) is 35.9 Å². The molecule has 8 nitrogen and oxygen atoms in total. The summed E-state index contributed by atoms with van der Waals surface area (Å²) in [6.45, 7) is 1.74. The van der Waals surface area contributed by atoms with Crippen molar-refractivity contribution >= 4 is 21.9 Å². The highest BCUT2D eigenvalue weighted by molar-refractivity contribution is 7.89. The Morgan fingerprint density at radius 3 is 2.46 bits per heavy atom. The maximum atomic E-state index is 12.0. The average Bonchev–Trinajstić information content (AvgIpc) is 3.06. The van der Waals surface area contributed by atoms with Crippen molar-refractivity contribution in [3.63, 3.8) is 0 Å². The van der Waals surface area contributed by atoms with E-state index in [0.29, 0.717) is 6.42 Å². The minimum Gasteiger partial charge on any atom is -0.478 e. The van der Waals surface area contributed by atoms with Gasteiger partial charge in [-0.25, -0.2) is 17.9 Å². The van der Waals surface area contributed by atoms with Gasteiger partial charge in [-0.2, -0.15) is 0 Å².